The van der Waals surface area contributed by atoms with Gasteiger partial charge in [0.2, 0.25) is 0 Å². The zero-order valence-corrected chi connectivity index (χ0v) is 6.41. The summed E-state index contributed by atoms with van der Waals surface area (Å²) in [6.45, 7) is 1.43. The molecule has 3 heteroatoms. The molecule has 0 spiro atoms. The predicted molar refractivity (Wildman–Crippen MR) is 38.0 cm³/mol. The summed E-state index contributed by atoms with van der Waals surface area (Å²) in [7, 11) is 0. The molecule has 2 aliphatic rings. The van der Waals surface area contributed by atoms with Crippen LogP contribution in [0.2, 0.25) is 0 Å². The third kappa shape index (κ3) is 1.38. The number of cyclic esters (lactones) is 1. The van der Waals surface area contributed by atoms with Crippen LogP contribution < -0.4 is 0 Å². The lowest BCUT2D eigenvalue weighted by Crippen LogP contribution is -2.19. The molecule has 2 rings (SSSR count). The largest absolute Gasteiger partial charge is 0.465 e. The Hall–Kier alpha value is -0.570. The van der Waals surface area contributed by atoms with E-state index in [2.05, 4.69) is 0 Å². The van der Waals surface area contributed by atoms with E-state index in [-0.39, 0.29) is 5.97 Å². The Morgan fingerprint density at radius 3 is 2.91 bits per heavy atom. The first-order chi connectivity index (χ1) is 5.36. The SMILES string of the molecule is O=C1CC(C2CCCO2)CO1. The Morgan fingerprint density at radius 1 is 1.45 bits per heavy atom. The number of carbonyl (C=O) groups excluding carboxylic acids is 1. The number of rotatable bonds is 1. The highest BCUT2D eigenvalue weighted by molar-refractivity contribution is 5.71. The highest BCUT2D eigenvalue weighted by Gasteiger charge is 2.33. The Bertz CT molecular complexity index is 161. The lowest BCUT2D eigenvalue weighted by Gasteiger charge is -2.13. The molecule has 3 nitrogen and oxygen atoms in total. The molecule has 0 aromatic carbocycles. The molecular weight excluding hydrogens is 144 g/mol. The molecule has 0 N–H and O–H groups in total. The van der Waals surface area contributed by atoms with E-state index in [1.807, 2.05) is 0 Å². The fraction of sp³-hybridized carbons (Fsp3) is 0.875. The molecule has 2 atom stereocenters. The third-order valence-electron chi connectivity index (χ3n) is 2.38. The monoisotopic (exact) mass is 156 g/mol. The molecule has 2 unspecified atom stereocenters. The van der Waals surface area contributed by atoms with Gasteiger partial charge < -0.3 is 9.47 Å². The third-order valence-corrected chi connectivity index (χ3v) is 2.38. The van der Waals surface area contributed by atoms with Crippen LogP contribution >= 0.6 is 0 Å². The van der Waals surface area contributed by atoms with Crippen molar-refractivity contribution in [2.75, 3.05) is 13.2 Å². The minimum Gasteiger partial charge on any atom is -0.465 e. The second kappa shape index (κ2) is 2.81. The van der Waals surface area contributed by atoms with E-state index in [0.717, 1.165) is 19.4 Å². The van der Waals surface area contributed by atoms with Gasteiger partial charge in [0.05, 0.1) is 19.1 Å². The number of hydrogen-bond donors (Lipinski definition) is 0. The second-order valence-corrected chi connectivity index (χ2v) is 3.20. The first kappa shape index (κ1) is 7.10. The first-order valence-electron chi connectivity index (χ1n) is 4.13. The maximum Gasteiger partial charge on any atom is 0.306 e. The van der Waals surface area contributed by atoms with Gasteiger partial charge in [-0.2, -0.15) is 0 Å². The van der Waals surface area contributed by atoms with Crippen molar-refractivity contribution >= 4 is 5.97 Å². The molecular formula is C8H12O3. The first-order valence-corrected chi connectivity index (χ1v) is 4.13. The van der Waals surface area contributed by atoms with Crippen molar-refractivity contribution < 1.29 is 14.3 Å². The van der Waals surface area contributed by atoms with Crippen LogP contribution in [0.5, 0.6) is 0 Å². The zero-order valence-electron chi connectivity index (χ0n) is 6.41. The van der Waals surface area contributed by atoms with Crippen molar-refractivity contribution in [3.8, 4) is 0 Å². The maximum atomic E-state index is 10.7. The van der Waals surface area contributed by atoms with Crippen LogP contribution in [-0.4, -0.2) is 25.3 Å². The van der Waals surface area contributed by atoms with E-state index in [1.54, 1.807) is 0 Å². The number of hydrogen-bond acceptors (Lipinski definition) is 3. The van der Waals surface area contributed by atoms with Gasteiger partial charge in [-0.25, -0.2) is 0 Å². The van der Waals surface area contributed by atoms with Crippen molar-refractivity contribution in [2.24, 2.45) is 5.92 Å². The average Bonchev–Trinajstić information content (AvgIpc) is 2.55. The molecule has 2 saturated heterocycles. The summed E-state index contributed by atoms with van der Waals surface area (Å²) in [6, 6.07) is 0. The van der Waals surface area contributed by atoms with Gasteiger partial charge in [0.15, 0.2) is 0 Å². The quantitative estimate of drug-likeness (QED) is 0.525. The van der Waals surface area contributed by atoms with Crippen LogP contribution in [0, 0.1) is 5.92 Å². The Kier molecular flexibility index (Phi) is 1.82. The standard InChI is InChI=1S/C8H12O3/c9-8-4-6(5-11-8)7-2-1-3-10-7/h6-7H,1-5H2. The number of carbonyl (C=O) groups is 1. The van der Waals surface area contributed by atoms with Crippen LogP contribution in [0.25, 0.3) is 0 Å². The lowest BCUT2D eigenvalue weighted by atomic mass is 9.99. The van der Waals surface area contributed by atoms with E-state index in [0.29, 0.717) is 25.0 Å². The van der Waals surface area contributed by atoms with Gasteiger partial charge in [-0.1, -0.05) is 0 Å². The van der Waals surface area contributed by atoms with Gasteiger partial charge in [0, 0.05) is 12.5 Å². The normalized spacial score (nSPS) is 37.6. The van der Waals surface area contributed by atoms with Gasteiger partial charge in [0.25, 0.3) is 0 Å². The summed E-state index contributed by atoms with van der Waals surface area (Å²) in [5.74, 6) is 0.274. The predicted octanol–water partition coefficient (Wildman–Crippen LogP) is 0.728. The molecule has 0 radical (unpaired) electrons. The maximum absolute atomic E-state index is 10.7. The van der Waals surface area contributed by atoms with Crippen molar-refractivity contribution in [2.45, 2.75) is 25.4 Å². The van der Waals surface area contributed by atoms with Gasteiger partial charge >= 0.3 is 5.97 Å². The molecule has 0 saturated carbocycles. The van der Waals surface area contributed by atoms with Gasteiger partial charge in [-0.3, -0.25) is 4.79 Å². The average molecular weight is 156 g/mol. The smallest absolute Gasteiger partial charge is 0.306 e. The topological polar surface area (TPSA) is 35.5 Å². The van der Waals surface area contributed by atoms with E-state index in [9.17, 15) is 4.79 Å². The Labute approximate surface area is 65.7 Å². The van der Waals surface area contributed by atoms with Crippen LogP contribution in [0.3, 0.4) is 0 Å². The van der Waals surface area contributed by atoms with Gasteiger partial charge in [-0.05, 0) is 12.8 Å². The minimum atomic E-state index is -0.0644. The molecule has 0 amide bonds. The molecule has 0 aromatic rings. The molecule has 0 bridgehead atoms. The molecule has 11 heavy (non-hydrogen) atoms. The number of ether oxygens (including phenoxy) is 2. The molecule has 2 aliphatic heterocycles. The summed E-state index contributed by atoms with van der Waals surface area (Å²) in [4.78, 5) is 10.7. The summed E-state index contributed by atoms with van der Waals surface area (Å²) in [5.41, 5.74) is 0. The minimum absolute atomic E-state index is 0.0644. The van der Waals surface area contributed by atoms with Crippen LogP contribution in [-0.2, 0) is 14.3 Å². The van der Waals surface area contributed by atoms with E-state index in [1.165, 1.54) is 0 Å². The summed E-state index contributed by atoms with van der Waals surface area (Å²) in [5, 5.41) is 0. The molecule has 0 aliphatic carbocycles. The highest BCUT2D eigenvalue weighted by atomic mass is 16.5. The summed E-state index contributed by atoms with van der Waals surface area (Å²) >= 11 is 0. The van der Waals surface area contributed by atoms with E-state index < -0.39 is 0 Å². The number of esters is 1. The Balaban J connectivity index is 1.90. The van der Waals surface area contributed by atoms with Crippen LogP contribution in [0.1, 0.15) is 19.3 Å². The van der Waals surface area contributed by atoms with Crippen LogP contribution in [0.15, 0.2) is 0 Å². The van der Waals surface area contributed by atoms with E-state index in [4.69, 9.17) is 9.47 Å². The fourth-order valence-corrected chi connectivity index (χ4v) is 1.75. The van der Waals surface area contributed by atoms with Crippen molar-refractivity contribution in [3.05, 3.63) is 0 Å². The van der Waals surface area contributed by atoms with Crippen molar-refractivity contribution in [3.63, 3.8) is 0 Å². The van der Waals surface area contributed by atoms with Crippen LogP contribution in [0.4, 0.5) is 0 Å². The highest BCUT2D eigenvalue weighted by Crippen LogP contribution is 2.26. The zero-order chi connectivity index (χ0) is 7.68. The van der Waals surface area contributed by atoms with Crippen molar-refractivity contribution in [1.82, 2.24) is 0 Å². The lowest BCUT2D eigenvalue weighted by molar-refractivity contribution is -0.137. The van der Waals surface area contributed by atoms with Gasteiger partial charge in [-0.15, -0.1) is 0 Å². The fourth-order valence-electron chi connectivity index (χ4n) is 1.75. The Morgan fingerprint density at radius 2 is 2.36 bits per heavy atom. The second-order valence-electron chi connectivity index (χ2n) is 3.20. The molecule has 2 heterocycles. The molecule has 2 fully saturated rings. The van der Waals surface area contributed by atoms with E-state index >= 15 is 0 Å². The van der Waals surface area contributed by atoms with Gasteiger partial charge in [0.1, 0.15) is 0 Å². The molecule has 62 valence electrons. The summed E-state index contributed by atoms with van der Waals surface area (Å²) < 4.78 is 10.3. The molecule has 0 aromatic heterocycles. The summed E-state index contributed by atoms with van der Waals surface area (Å²) in [6.07, 6.45) is 3.09. The van der Waals surface area contributed by atoms with Crippen molar-refractivity contribution in [1.29, 1.82) is 0 Å².